The third-order valence-electron chi connectivity index (χ3n) is 3.24. The minimum atomic E-state index is -0.539. The average molecular weight is 378 g/mol. The minimum absolute atomic E-state index is 0.228. The summed E-state index contributed by atoms with van der Waals surface area (Å²) in [6, 6.07) is 8.37. The van der Waals surface area contributed by atoms with Gasteiger partial charge in [0.1, 0.15) is 12.3 Å². The zero-order valence-electron chi connectivity index (χ0n) is 13.0. The van der Waals surface area contributed by atoms with E-state index in [1.54, 1.807) is 37.3 Å². The summed E-state index contributed by atoms with van der Waals surface area (Å²) < 4.78 is 4.83. The molecule has 0 bridgehead atoms. The molecule has 2 aromatic rings. The quantitative estimate of drug-likeness (QED) is 0.822. The van der Waals surface area contributed by atoms with Gasteiger partial charge in [0.15, 0.2) is 5.82 Å². The van der Waals surface area contributed by atoms with Crippen LogP contribution >= 0.6 is 23.4 Å². The van der Waals surface area contributed by atoms with Crippen molar-refractivity contribution in [2.24, 2.45) is 0 Å². The van der Waals surface area contributed by atoms with Gasteiger partial charge in [-0.3, -0.25) is 19.3 Å². The van der Waals surface area contributed by atoms with E-state index in [4.69, 9.17) is 16.1 Å². The second-order valence-electron chi connectivity index (χ2n) is 5.19. The van der Waals surface area contributed by atoms with Crippen molar-refractivity contribution in [3.05, 3.63) is 51.6 Å². The van der Waals surface area contributed by atoms with Crippen molar-refractivity contribution in [1.82, 2.24) is 10.1 Å². The zero-order valence-corrected chi connectivity index (χ0v) is 14.6. The van der Waals surface area contributed by atoms with Gasteiger partial charge in [-0.05, 0) is 42.5 Å². The number of aryl methyl sites for hydroxylation is 1. The Morgan fingerprint density at radius 3 is 2.72 bits per heavy atom. The van der Waals surface area contributed by atoms with E-state index in [1.807, 2.05) is 0 Å². The summed E-state index contributed by atoms with van der Waals surface area (Å²) in [7, 11) is 0. The highest BCUT2D eigenvalue weighted by Crippen LogP contribution is 2.32. The summed E-state index contributed by atoms with van der Waals surface area (Å²) in [4.78, 5) is 37.5. The van der Waals surface area contributed by atoms with E-state index in [9.17, 15) is 14.4 Å². The van der Waals surface area contributed by atoms with Crippen molar-refractivity contribution >= 4 is 52.3 Å². The molecule has 9 heteroatoms. The van der Waals surface area contributed by atoms with E-state index < -0.39 is 23.6 Å². The third kappa shape index (κ3) is 4.09. The van der Waals surface area contributed by atoms with E-state index >= 15 is 0 Å². The fraction of sp³-hybridized carbons (Fsp3) is 0.125. The first-order valence-electron chi connectivity index (χ1n) is 7.16. The molecule has 1 aliphatic heterocycles. The van der Waals surface area contributed by atoms with Crippen LogP contribution in [0.25, 0.3) is 6.08 Å². The molecule has 1 saturated heterocycles. The number of aromatic nitrogens is 1. The van der Waals surface area contributed by atoms with Gasteiger partial charge in [0.2, 0.25) is 5.91 Å². The van der Waals surface area contributed by atoms with Gasteiger partial charge in [-0.2, -0.15) is 0 Å². The van der Waals surface area contributed by atoms with E-state index in [0.29, 0.717) is 10.8 Å². The van der Waals surface area contributed by atoms with Crippen molar-refractivity contribution in [3.8, 4) is 0 Å². The van der Waals surface area contributed by atoms with Gasteiger partial charge in [-0.1, -0.05) is 28.9 Å². The molecule has 3 rings (SSSR count). The Morgan fingerprint density at radius 1 is 1.36 bits per heavy atom. The predicted octanol–water partition coefficient (Wildman–Crippen LogP) is 3.31. The van der Waals surface area contributed by atoms with Crippen molar-refractivity contribution < 1.29 is 18.9 Å². The lowest BCUT2D eigenvalue weighted by Crippen LogP contribution is -2.36. The van der Waals surface area contributed by atoms with E-state index in [2.05, 4.69) is 10.5 Å². The monoisotopic (exact) mass is 377 g/mol. The summed E-state index contributed by atoms with van der Waals surface area (Å²) in [5.74, 6) is -0.293. The molecular weight excluding hydrogens is 366 g/mol. The average Bonchev–Trinajstić information content (AvgIpc) is 3.08. The van der Waals surface area contributed by atoms with Crippen LogP contribution in [-0.4, -0.2) is 33.7 Å². The van der Waals surface area contributed by atoms with Crippen LogP contribution in [-0.2, 0) is 9.59 Å². The first-order chi connectivity index (χ1) is 11.9. The standard InChI is InChI=1S/C16H12ClN3O4S/c1-9-6-13(19-24-9)18-14(21)8-20-15(22)12(25-16(20)23)7-10-2-4-11(17)5-3-10/h2-7H,8H2,1H3,(H,18,19,21)/b12-7-. The van der Waals surface area contributed by atoms with Crippen LogP contribution in [0.1, 0.15) is 11.3 Å². The first kappa shape index (κ1) is 17.2. The lowest BCUT2D eigenvalue weighted by Gasteiger charge is -2.11. The summed E-state index contributed by atoms with van der Waals surface area (Å²) in [6.07, 6.45) is 1.58. The van der Waals surface area contributed by atoms with Gasteiger partial charge in [-0.15, -0.1) is 0 Å². The largest absolute Gasteiger partial charge is 0.360 e. The van der Waals surface area contributed by atoms with Gasteiger partial charge in [0.05, 0.1) is 4.91 Å². The van der Waals surface area contributed by atoms with Crippen LogP contribution in [0.3, 0.4) is 0 Å². The Morgan fingerprint density at radius 2 is 2.08 bits per heavy atom. The summed E-state index contributed by atoms with van der Waals surface area (Å²) in [5, 5.41) is 6.16. The summed E-state index contributed by atoms with van der Waals surface area (Å²) in [6.45, 7) is 1.29. The molecule has 7 nitrogen and oxygen atoms in total. The molecule has 2 heterocycles. The number of nitrogens with zero attached hydrogens (tertiary/aromatic N) is 2. The molecule has 1 aromatic carbocycles. The number of carbonyl (C=O) groups is 3. The molecule has 128 valence electrons. The molecule has 1 fully saturated rings. The highest BCUT2D eigenvalue weighted by atomic mass is 35.5. The van der Waals surface area contributed by atoms with Crippen LogP contribution < -0.4 is 5.32 Å². The number of rotatable bonds is 4. The first-order valence-corrected chi connectivity index (χ1v) is 8.36. The molecule has 25 heavy (non-hydrogen) atoms. The number of imide groups is 1. The van der Waals surface area contributed by atoms with Crippen LogP contribution in [0.15, 0.2) is 39.8 Å². The van der Waals surface area contributed by atoms with Crippen LogP contribution in [0.2, 0.25) is 5.02 Å². The number of amides is 3. The Kier molecular flexibility index (Phi) is 4.91. The van der Waals surface area contributed by atoms with Gasteiger partial charge in [0.25, 0.3) is 11.1 Å². The van der Waals surface area contributed by atoms with Crippen molar-refractivity contribution in [3.63, 3.8) is 0 Å². The van der Waals surface area contributed by atoms with E-state index in [-0.39, 0.29) is 10.7 Å². The van der Waals surface area contributed by atoms with Crippen molar-refractivity contribution in [1.29, 1.82) is 0 Å². The summed E-state index contributed by atoms with van der Waals surface area (Å²) >= 11 is 6.60. The number of thioether (sulfide) groups is 1. The van der Waals surface area contributed by atoms with Crippen LogP contribution in [0, 0.1) is 6.92 Å². The summed E-state index contributed by atoms with van der Waals surface area (Å²) in [5.41, 5.74) is 0.734. The number of nitrogens with one attached hydrogen (secondary N) is 1. The maximum absolute atomic E-state index is 12.4. The number of benzene rings is 1. The van der Waals surface area contributed by atoms with E-state index in [1.165, 1.54) is 6.07 Å². The maximum Gasteiger partial charge on any atom is 0.294 e. The molecular formula is C16H12ClN3O4S. The third-order valence-corrected chi connectivity index (χ3v) is 4.40. The van der Waals surface area contributed by atoms with E-state index in [0.717, 1.165) is 22.2 Å². The highest BCUT2D eigenvalue weighted by Gasteiger charge is 2.36. The fourth-order valence-electron chi connectivity index (χ4n) is 2.10. The predicted molar refractivity (Wildman–Crippen MR) is 94.0 cm³/mol. The lowest BCUT2D eigenvalue weighted by molar-refractivity contribution is -0.127. The zero-order chi connectivity index (χ0) is 18.0. The van der Waals surface area contributed by atoms with Gasteiger partial charge in [0, 0.05) is 11.1 Å². The van der Waals surface area contributed by atoms with Gasteiger partial charge >= 0.3 is 0 Å². The number of anilines is 1. The minimum Gasteiger partial charge on any atom is -0.360 e. The Bertz CT molecular complexity index is 876. The van der Waals surface area contributed by atoms with Crippen molar-refractivity contribution in [2.45, 2.75) is 6.92 Å². The van der Waals surface area contributed by atoms with Crippen LogP contribution in [0.4, 0.5) is 10.6 Å². The smallest absolute Gasteiger partial charge is 0.294 e. The molecule has 0 radical (unpaired) electrons. The number of hydrogen-bond donors (Lipinski definition) is 1. The molecule has 0 aliphatic carbocycles. The molecule has 0 spiro atoms. The molecule has 3 amide bonds. The van der Waals surface area contributed by atoms with Crippen LogP contribution in [0.5, 0.6) is 0 Å². The molecule has 1 aromatic heterocycles. The Labute approximate surface area is 152 Å². The SMILES string of the molecule is Cc1cc(NC(=O)CN2C(=O)S/C(=C\c3ccc(Cl)cc3)C2=O)no1. The molecule has 1 N–H and O–H groups in total. The Hall–Kier alpha value is -2.58. The Balaban J connectivity index is 1.68. The molecule has 0 unspecified atom stereocenters. The fourth-order valence-corrected chi connectivity index (χ4v) is 3.06. The number of carbonyl (C=O) groups excluding carboxylic acids is 3. The normalized spacial score (nSPS) is 15.9. The van der Waals surface area contributed by atoms with Crippen molar-refractivity contribution in [2.75, 3.05) is 11.9 Å². The van der Waals surface area contributed by atoms with Gasteiger partial charge in [-0.25, -0.2) is 0 Å². The highest BCUT2D eigenvalue weighted by molar-refractivity contribution is 8.18. The topological polar surface area (TPSA) is 92.5 Å². The number of hydrogen-bond acceptors (Lipinski definition) is 6. The maximum atomic E-state index is 12.4. The lowest BCUT2D eigenvalue weighted by atomic mass is 10.2. The second-order valence-corrected chi connectivity index (χ2v) is 6.62. The molecule has 0 atom stereocenters. The second kappa shape index (κ2) is 7.12. The molecule has 1 aliphatic rings. The number of halogens is 1. The molecule has 0 saturated carbocycles. The van der Waals surface area contributed by atoms with Gasteiger partial charge < -0.3 is 9.84 Å².